The summed E-state index contributed by atoms with van der Waals surface area (Å²) in [6, 6.07) is 16.9. The molecular weight excluding hydrogens is 501 g/mol. The number of rotatable bonds is 10. The van der Waals surface area contributed by atoms with Crippen molar-refractivity contribution >= 4 is 23.4 Å². The number of halogens is 1. The van der Waals surface area contributed by atoms with Crippen molar-refractivity contribution < 1.29 is 23.6 Å². The fourth-order valence-corrected chi connectivity index (χ4v) is 4.35. The number of carbonyl (C=O) groups excluding carboxylic acids is 1. The largest absolute Gasteiger partial charge is 0.497 e. The zero-order valence-electron chi connectivity index (χ0n) is 19.9. The van der Waals surface area contributed by atoms with Crippen LogP contribution in [0.25, 0.3) is 5.69 Å². The SMILES string of the molecule is COc1cc(OC)cc(C(=O)NCc2nnc(SCc3ccc(F)cc3)n2-c2ccc([N+](=O)[O-])cc2)c1. The third kappa shape index (κ3) is 6.22. The Morgan fingerprint density at radius 1 is 1.03 bits per heavy atom. The van der Waals surface area contributed by atoms with Crippen LogP contribution >= 0.6 is 11.8 Å². The predicted octanol–water partition coefficient (Wildman–Crippen LogP) is 4.55. The molecule has 0 spiro atoms. The second-order valence-electron chi connectivity index (χ2n) is 7.71. The van der Waals surface area contributed by atoms with E-state index in [9.17, 15) is 19.3 Å². The highest BCUT2D eigenvalue weighted by Gasteiger charge is 2.18. The molecule has 0 atom stereocenters. The lowest BCUT2D eigenvalue weighted by Crippen LogP contribution is -2.24. The van der Waals surface area contributed by atoms with Gasteiger partial charge in [-0.3, -0.25) is 19.5 Å². The van der Waals surface area contributed by atoms with Gasteiger partial charge < -0.3 is 14.8 Å². The average molecular weight is 524 g/mol. The minimum Gasteiger partial charge on any atom is -0.497 e. The lowest BCUT2D eigenvalue weighted by molar-refractivity contribution is -0.384. The molecule has 0 radical (unpaired) electrons. The third-order valence-corrected chi connectivity index (χ3v) is 6.32. The van der Waals surface area contributed by atoms with E-state index in [1.54, 1.807) is 47.0 Å². The number of non-ortho nitro benzene ring substituents is 1. The van der Waals surface area contributed by atoms with E-state index in [1.807, 2.05) is 0 Å². The summed E-state index contributed by atoms with van der Waals surface area (Å²) in [6.45, 7) is 0.0272. The number of nitrogens with one attached hydrogen (secondary N) is 1. The Hall–Kier alpha value is -4.45. The fraction of sp³-hybridized carbons (Fsp3) is 0.160. The molecule has 190 valence electrons. The quantitative estimate of drug-likeness (QED) is 0.183. The second kappa shape index (κ2) is 11.5. The van der Waals surface area contributed by atoms with Gasteiger partial charge in [0.25, 0.3) is 11.6 Å². The van der Waals surface area contributed by atoms with Gasteiger partial charge in [0, 0.05) is 35.2 Å². The number of amides is 1. The Balaban J connectivity index is 1.59. The Kier molecular flexibility index (Phi) is 7.98. The number of carbonyl (C=O) groups is 1. The van der Waals surface area contributed by atoms with Gasteiger partial charge in [-0.15, -0.1) is 10.2 Å². The van der Waals surface area contributed by atoms with Gasteiger partial charge in [0.1, 0.15) is 17.3 Å². The van der Waals surface area contributed by atoms with Crippen molar-refractivity contribution in [1.82, 2.24) is 20.1 Å². The minimum atomic E-state index is -0.482. The van der Waals surface area contributed by atoms with Gasteiger partial charge in [-0.2, -0.15) is 0 Å². The van der Waals surface area contributed by atoms with Gasteiger partial charge in [-0.1, -0.05) is 23.9 Å². The van der Waals surface area contributed by atoms with Crippen molar-refractivity contribution in [3.05, 3.63) is 99.6 Å². The lowest BCUT2D eigenvalue weighted by atomic mass is 10.2. The van der Waals surface area contributed by atoms with Gasteiger partial charge in [0.15, 0.2) is 11.0 Å². The number of hydrogen-bond acceptors (Lipinski definition) is 8. The zero-order chi connectivity index (χ0) is 26.4. The molecule has 4 rings (SSSR count). The number of methoxy groups -OCH3 is 2. The third-order valence-electron chi connectivity index (χ3n) is 5.32. The lowest BCUT2D eigenvalue weighted by Gasteiger charge is -2.12. The molecule has 0 aliphatic rings. The number of nitro groups is 1. The van der Waals surface area contributed by atoms with E-state index < -0.39 is 4.92 Å². The molecule has 0 saturated heterocycles. The molecule has 1 N–H and O–H groups in total. The van der Waals surface area contributed by atoms with Crippen molar-refractivity contribution in [1.29, 1.82) is 0 Å². The first kappa shape index (κ1) is 25.6. The zero-order valence-corrected chi connectivity index (χ0v) is 20.7. The molecule has 0 fully saturated rings. The molecule has 12 heteroatoms. The maximum Gasteiger partial charge on any atom is 0.269 e. The molecule has 0 bridgehead atoms. The van der Waals surface area contributed by atoms with E-state index in [1.165, 1.54) is 50.2 Å². The van der Waals surface area contributed by atoms with E-state index >= 15 is 0 Å². The van der Waals surface area contributed by atoms with Crippen molar-refractivity contribution in [3.8, 4) is 17.2 Å². The van der Waals surface area contributed by atoms with E-state index in [4.69, 9.17) is 9.47 Å². The summed E-state index contributed by atoms with van der Waals surface area (Å²) in [5.74, 6) is 1.14. The Labute approximate surface area is 215 Å². The number of aromatic nitrogens is 3. The predicted molar refractivity (Wildman–Crippen MR) is 135 cm³/mol. The normalized spacial score (nSPS) is 10.7. The molecule has 0 unspecified atom stereocenters. The van der Waals surface area contributed by atoms with Gasteiger partial charge in [-0.25, -0.2) is 4.39 Å². The first-order valence-electron chi connectivity index (χ1n) is 11.0. The van der Waals surface area contributed by atoms with Gasteiger partial charge in [0.2, 0.25) is 0 Å². The first-order valence-corrected chi connectivity index (χ1v) is 11.9. The number of benzene rings is 3. The van der Waals surface area contributed by atoms with Crippen LogP contribution in [0.3, 0.4) is 0 Å². The molecule has 10 nitrogen and oxygen atoms in total. The first-order chi connectivity index (χ1) is 17.9. The van der Waals surface area contributed by atoms with Gasteiger partial charge >= 0.3 is 0 Å². The maximum absolute atomic E-state index is 13.3. The van der Waals surface area contributed by atoms with Crippen molar-refractivity contribution in [2.75, 3.05) is 14.2 Å². The van der Waals surface area contributed by atoms with E-state index in [2.05, 4.69) is 15.5 Å². The molecule has 1 aromatic heterocycles. The molecule has 1 heterocycles. The smallest absolute Gasteiger partial charge is 0.269 e. The van der Waals surface area contributed by atoms with E-state index in [0.29, 0.717) is 39.5 Å². The monoisotopic (exact) mass is 523 g/mol. The summed E-state index contributed by atoms with van der Waals surface area (Å²) in [5, 5.41) is 22.9. The highest BCUT2D eigenvalue weighted by Crippen LogP contribution is 2.27. The van der Waals surface area contributed by atoms with Crippen LogP contribution < -0.4 is 14.8 Å². The molecule has 1 amide bonds. The minimum absolute atomic E-state index is 0.0272. The molecular formula is C25H22FN5O5S. The van der Waals surface area contributed by atoms with Crippen molar-refractivity contribution in [3.63, 3.8) is 0 Å². The summed E-state index contributed by atoms with van der Waals surface area (Å²) in [4.78, 5) is 23.5. The molecule has 0 aliphatic heterocycles. The Morgan fingerprint density at radius 3 is 2.27 bits per heavy atom. The molecule has 0 saturated carbocycles. The van der Waals surface area contributed by atoms with Crippen molar-refractivity contribution in [2.45, 2.75) is 17.5 Å². The Bertz CT molecular complexity index is 1390. The van der Waals surface area contributed by atoms with Crippen LogP contribution in [-0.4, -0.2) is 39.8 Å². The summed E-state index contributed by atoms with van der Waals surface area (Å²) in [7, 11) is 2.99. The van der Waals surface area contributed by atoms with Crippen LogP contribution in [0.4, 0.5) is 10.1 Å². The highest BCUT2D eigenvalue weighted by molar-refractivity contribution is 7.98. The highest BCUT2D eigenvalue weighted by atomic mass is 32.2. The van der Waals surface area contributed by atoms with E-state index in [-0.39, 0.29) is 24.0 Å². The topological polar surface area (TPSA) is 121 Å². The number of thioether (sulfide) groups is 1. The van der Waals surface area contributed by atoms with Crippen molar-refractivity contribution in [2.24, 2.45) is 0 Å². The fourth-order valence-electron chi connectivity index (χ4n) is 3.42. The molecule has 4 aromatic rings. The Morgan fingerprint density at radius 2 is 1.68 bits per heavy atom. The molecule has 0 aliphatic carbocycles. The van der Waals surface area contributed by atoms with Crippen LogP contribution in [0.15, 0.2) is 71.9 Å². The summed E-state index contributed by atoms with van der Waals surface area (Å²) < 4.78 is 25.4. The van der Waals surface area contributed by atoms with Crippen LogP contribution in [0.5, 0.6) is 11.5 Å². The van der Waals surface area contributed by atoms with Gasteiger partial charge in [0.05, 0.1) is 25.7 Å². The summed E-state index contributed by atoms with van der Waals surface area (Å²) in [6.07, 6.45) is 0. The van der Waals surface area contributed by atoms with Gasteiger partial charge in [-0.05, 0) is 42.0 Å². The molecule has 3 aromatic carbocycles. The second-order valence-corrected chi connectivity index (χ2v) is 8.65. The van der Waals surface area contributed by atoms with Crippen LogP contribution in [0, 0.1) is 15.9 Å². The maximum atomic E-state index is 13.3. The van der Waals surface area contributed by atoms with Crippen LogP contribution in [-0.2, 0) is 12.3 Å². The summed E-state index contributed by atoms with van der Waals surface area (Å²) in [5.41, 5.74) is 1.75. The summed E-state index contributed by atoms with van der Waals surface area (Å²) >= 11 is 1.36. The number of ether oxygens (including phenoxy) is 2. The standard InChI is InChI=1S/C25H22FN5O5S/c1-35-21-11-17(12-22(13-21)36-2)24(32)27-14-23-28-29-25(37-15-16-3-5-18(26)6-4-16)30(23)19-7-9-20(10-8-19)31(33)34/h3-13H,14-15H2,1-2H3,(H,27,32). The number of hydrogen-bond donors (Lipinski definition) is 1. The number of nitrogens with zero attached hydrogens (tertiary/aromatic N) is 4. The number of nitro benzene ring substituents is 1. The molecule has 37 heavy (non-hydrogen) atoms. The van der Waals surface area contributed by atoms with Crippen LogP contribution in [0.2, 0.25) is 0 Å². The van der Waals surface area contributed by atoms with Crippen LogP contribution in [0.1, 0.15) is 21.7 Å². The average Bonchev–Trinajstić information content (AvgIpc) is 3.33. The van der Waals surface area contributed by atoms with E-state index in [0.717, 1.165) is 5.56 Å².